The van der Waals surface area contributed by atoms with Gasteiger partial charge in [-0.2, -0.15) is 13.2 Å². The van der Waals surface area contributed by atoms with Gasteiger partial charge in [-0.05, 0) is 11.6 Å². The standard InChI is InChI=1S/C20H16F3N3O4/c1-25-15-5-3-2-4-13(15)19(18(25)28)14(10-27)16(17(24-19)20(21,22)23)11-6-8-12(9-7-11)26(29)30/h2-10,14,16-17,24H,1H3/t14-,16-,17-,19-/m0/s1. The van der Waals surface area contributed by atoms with Crippen LogP contribution < -0.4 is 10.2 Å². The van der Waals surface area contributed by atoms with Crippen molar-refractivity contribution < 1.29 is 27.7 Å². The second kappa shape index (κ2) is 6.63. The summed E-state index contributed by atoms with van der Waals surface area (Å²) in [5.74, 6) is -3.46. The summed E-state index contributed by atoms with van der Waals surface area (Å²) in [5, 5.41) is 13.4. The Labute approximate surface area is 168 Å². The number of hydrogen-bond donors (Lipinski definition) is 1. The normalized spacial score (nSPS) is 28.1. The van der Waals surface area contributed by atoms with Crippen molar-refractivity contribution in [3.8, 4) is 0 Å². The van der Waals surface area contributed by atoms with Gasteiger partial charge in [0.15, 0.2) is 0 Å². The van der Waals surface area contributed by atoms with E-state index in [-0.39, 0.29) is 11.3 Å². The van der Waals surface area contributed by atoms with Crippen molar-refractivity contribution in [3.63, 3.8) is 0 Å². The smallest absolute Gasteiger partial charge is 0.313 e. The third-order valence-electron chi connectivity index (χ3n) is 5.95. The molecule has 30 heavy (non-hydrogen) atoms. The number of benzene rings is 2. The van der Waals surface area contributed by atoms with Gasteiger partial charge in [-0.3, -0.25) is 20.2 Å². The summed E-state index contributed by atoms with van der Waals surface area (Å²) in [7, 11) is 1.45. The van der Waals surface area contributed by atoms with Crippen LogP contribution in [-0.2, 0) is 15.1 Å². The summed E-state index contributed by atoms with van der Waals surface area (Å²) in [6, 6.07) is 8.77. The SMILES string of the molecule is CN1C(=O)[C@]2(N[C@H](C(F)(F)F)[C@@H](c3ccc([N+](=O)[O-])cc3)[C@@H]2C=O)c2ccccc21. The van der Waals surface area contributed by atoms with E-state index in [4.69, 9.17) is 0 Å². The minimum Gasteiger partial charge on any atom is -0.313 e. The number of halogens is 3. The molecule has 1 amide bonds. The van der Waals surface area contributed by atoms with Gasteiger partial charge < -0.3 is 9.69 Å². The Bertz CT molecular complexity index is 1040. The van der Waals surface area contributed by atoms with Crippen molar-refractivity contribution in [2.24, 2.45) is 5.92 Å². The minimum atomic E-state index is -4.77. The van der Waals surface area contributed by atoms with Crippen molar-refractivity contribution in [2.45, 2.75) is 23.7 Å². The molecule has 0 aromatic heterocycles. The molecule has 156 valence electrons. The average molecular weight is 419 g/mol. The molecular formula is C20H16F3N3O4. The molecule has 0 unspecified atom stereocenters. The molecule has 2 aromatic rings. The summed E-state index contributed by atoms with van der Waals surface area (Å²) in [6.45, 7) is 0. The molecule has 10 heteroatoms. The lowest BCUT2D eigenvalue weighted by molar-refractivity contribution is -0.384. The van der Waals surface area contributed by atoms with Crippen molar-refractivity contribution in [1.29, 1.82) is 0 Å². The van der Waals surface area contributed by atoms with Crippen LogP contribution in [0.15, 0.2) is 48.5 Å². The molecule has 7 nitrogen and oxygen atoms in total. The van der Waals surface area contributed by atoms with Gasteiger partial charge >= 0.3 is 6.18 Å². The highest BCUT2D eigenvalue weighted by Gasteiger charge is 2.68. The predicted molar refractivity (Wildman–Crippen MR) is 99.9 cm³/mol. The van der Waals surface area contributed by atoms with Gasteiger partial charge in [0.05, 0.1) is 10.8 Å². The molecule has 2 aliphatic heterocycles. The van der Waals surface area contributed by atoms with Gasteiger partial charge in [-0.15, -0.1) is 0 Å². The number of fused-ring (bicyclic) bond motifs is 2. The lowest BCUT2D eigenvalue weighted by Crippen LogP contribution is -2.54. The van der Waals surface area contributed by atoms with Crippen LogP contribution in [0.2, 0.25) is 0 Å². The number of hydrogen-bond acceptors (Lipinski definition) is 5. The lowest BCUT2D eigenvalue weighted by Gasteiger charge is -2.28. The van der Waals surface area contributed by atoms with Crippen LogP contribution in [0.1, 0.15) is 17.0 Å². The molecule has 2 aromatic carbocycles. The minimum absolute atomic E-state index is 0.0873. The second-order valence-corrected chi connectivity index (χ2v) is 7.39. The van der Waals surface area contributed by atoms with E-state index in [1.165, 1.54) is 30.1 Å². The predicted octanol–water partition coefficient (Wildman–Crippen LogP) is 2.90. The summed E-state index contributed by atoms with van der Waals surface area (Å²) >= 11 is 0. The van der Waals surface area contributed by atoms with Crippen LogP contribution >= 0.6 is 0 Å². The van der Waals surface area contributed by atoms with Crippen LogP contribution in [0.4, 0.5) is 24.5 Å². The summed E-state index contributed by atoms with van der Waals surface area (Å²) < 4.78 is 42.1. The van der Waals surface area contributed by atoms with Crippen molar-refractivity contribution in [3.05, 3.63) is 69.8 Å². The van der Waals surface area contributed by atoms with E-state index in [2.05, 4.69) is 5.32 Å². The number of likely N-dealkylation sites (N-methyl/N-ethyl adjacent to an activating group) is 1. The number of amides is 1. The lowest BCUT2D eigenvalue weighted by atomic mass is 9.73. The molecule has 4 atom stereocenters. The summed E-state index contributed by atoms with van der Waals surface area (Å²) in [4.78, 5) is 36.9. The number of rotatable bonds is 3. The van der Waals surface area contributed by atoms with Crippen LogP contribution in [0.5, 0.6) is 0 Å². The van der Waals surface area contributed by atoms with Gasteiger partial charge in [0, 0.05) is 36.3 Å². The Morgan fingerprint density at radius 1 is 1.17 bits per heavy atom. The zero-order valence-corrected chi connectivity index (χ0v) is 15.6. The van der Waals surface area contributed by atoms with E-state index in [1.807, 2.05) is 0 Å². The molecule has 2 heterocycles. The van der Waals surface area contributed by atoms with E-state index >= 15 is 0 Å². The highest BCUT2D eigenvalue weighted by Crippen LogP contribution is 2.55. The van der Waals surface area contributed by atoms with Gasteiger partial charge in [-0.25, -0.2) is 0 Å². The first-order valence-electron chi connectivity index (χ1n) is 9.04. The number of alkyl halides is 3. The average Bonchev–Trinajstić information content (AvgIpc) is 3.18. The zero-order valence-electron chi connectivity index (χ0n) is 15.6. The number of para-hydroxylation sites is 1. The molecule has 0 saturated carbocycles. The first kappa shape index (κ1) is 20.0. The number of carbonyl (C=O) groups excluding carboxylic acids is 2. The van der Waals surface area contributed by atoms with Crippen LogP contribution in [0.3, 0.4) is 0 Å². The third-order valence-corrected chi connectivity index (χ3v) is 5.95. The largest absolute Gasteiger partial charge is 0.404 e. The highest BCUT2D eigenvalue weighted by atomic mass is 19.4. The number of nitrogens with one attached hydrogen (secondary N) is 1. The van der Waals surface area contributed by atoms with E-state index in [9.17, 15) is 32.9 Å². The van der Waals surface area contributed by atoms with E-state index in [0.717, 1.165) is 12.1 Å². The number of carbonyl (C=O) groups is 2. The molecule has 1 spiro atoms. The third kappa shape index (κ3) is 2.63. The molecule has 0 aliphatic carbocycles. The van der Waals surface area contributed by atoms with Crippen molar-refractivity contribution in [2.75, 3.05) is 11.9 Å². The fraction of sp³-hybridized carbons (Fsp3) is 0.300. The van der Waals surface area contributed by atoms with Gasteiger partial charge in [0.25, 0.3) is 11.6 Å². The number of anilines is 1. The summed E-state index contributed by atoms with van der Waals surface area (Å²) in [6.07, 6.45) is -4.40. The van der Waals surface area contributed by atoms with E-state index < -0.39 is 40.4 Å². The molecule has 2 aliphatic rings. The Morgan fingerprint density at radius 2 is 1.80 bits per heavy atom. The maximum absolute atomic E-state index is 14.0. The Morgan fingerprint density at radius 3 is 2.37 bits per heavy atom. The van der Waals surface area contributed by atoms with Crippen LogP contribution in [0.25, 0.3) is 0 Å². The van der Waals surface area contributed by atoms with Crippen LogP contribution in [0, 0.1) is 16.0 Å². The fourth-order valence-electron chi connectivity index (χ4n) is 4.65. The molecule has 1 saturated heterocycles. The van der Waals surface area contributed by atoms with Gasteiger partial charge in [0.1, 0.15) is 17.9 Å². The van der Waals surface area contributed by atoms with Crippen LogP contribution in [-0.4, -0.2) is 36.4 Å². The summed E-state index contributed by atoms with van der Waals surface area (Å²) in [5.41, 5.74) is -1.35. The molecule has 4 rings (SSSR count). The zero-order chi connectivity index (χ0) is 21.8. The Kier molecular flexibility index (Phi) is 4.42. The number of non-ortho nitro benzene ring substituents is 1. The molecule has 0 bridgehead atoms. The number of nitro groups is 1. The maximum atomic E-state index is 14.0. The first-order chi connectivity index (χ1) is 14.1. The number of nitrogens with zero attached hydrogens (tertiary/aromatic N) is 2. The quantitative estimate of drug-likeness (QED) is 0.469. The Balaban J connectivity index is 1.91. The topological polar surface area (TPSA) is 92.6 Å². The van der Waals surface area contributed by atoms with Crippen molar-refractivity contribution in [1.82, 2.24) is 5.32 Å². The molecular weight excluding hydrogens is 403 g/mol. The van der Waals surface area contributed by atoms with Gasteiger partial charge in [0.2, 0.25) is 0 Å². The monoisotopic (exact) mass is 419 g/mol. The van der Waals surface area contributed by atoms with E-state index in [1.54, 1.807) is 18.2 Å². The molecule has 1 fully saturated rings. The first-order valence-corrected chi connectivity index (χ1v) is 9.04. The second-order valence-electron chi connectivity index (χ2n) is 7.39. The van der Waals surface area contributed by atoms with Gasteiger partial charge in [-0.1, -0.05) is 30.3 Å². The fourth-order valence-corrected chi connectivity index (χ4v) is 4.65. The van der Waals surface area contributed by atoms with Crippen molar-refractivity contribution >= 4 is 23.6 Å². The number of aldehydes is 1. The number of nitro benzene ring substituents is 1. The molecule has 1 N–H and O–H groups in total. The van der Waals surface area contributed by atoms with E-state index in [0.29, 0.717) is 17.5 Å². The Hall–Kier alpha value is -3.27. The maximum Gasteiger partial charge on any atom is 0.404 e. The highest BCUT2D eigenvalue weighted by molar-refractivity contribution is 6.09. The molecule has 0 radical (unpaired) electrons.